The Labute approximate surface area is 151 Å². The molecule has 0 spiro atoms. The average Bonchev–Trinajstić information content (AvgIpc) is 3.05. The Hall–Kier alpha value is -1.88. The first-order chi connectivity index (χ1) is 11.7. The number of hydrogen-bond donors (Lipinski definition) is 1. The maximum atomic E-state index is 6.33. The van der Waals surface area contributed by atoms with Gasteiger partial charge in [0.15, 0.2) is 0 Å². The molecule has 3 rings (SSSR count). The minimum atomic E-state index is 0.516. The number of halogens is 1. The van der Waals surface area contributed by atoms with Crippen molar-refractivity contribution in [2.45, 2.75) is 20.1 Å². The van der Waals surface area contributed by atoms with Gasteiger partial charge < -0.3 is 10.1 Å². The highest BCUT2D eigenvalue weighted by Crippen LogP contribution is 2.35. The van der Waals surface area contributed by atoms with Crippen LogP contribution in [0.1, 0.15) is 16.1 Å². The van der Waals surface area contributed by atoms with Gasteiger partial charge in [0, 0.05) is 22.5 Å². The number of benzene rings is 2. The molecule has 24 heavy (non-hydrogen) atoms. The van der Waals surface area contributed by atoms with Crippen LogP contribution < -0.4 is 10.1 Å². The molecular weight excluding hydrogens is 340 g/mol. The van der Waals surface area contributed by atoms with E-state index in [2.05, 4.69) is 22.4 Å². The standard InChI is InChI=1S/C19H19ClN2OS/c1-13-8-18(23-11-14-6-4-3-5-7-14)15(9-16(13)20)17-12-24-19(22-17)10-21-2/h3-9,12,21H,10-11H2,1-2H3. The van der Waals surface area contributed by atoms with Gasteiger partial charge in [0.25, 0.3) is 0 Å². The Kier molecular flexibility index (Phi) is 5.51. The van der Waals surface area contributed by atoms with Crippen molar-refractivity contribution in [3.63, 3.8) is 0 Å². The lowest BCUT2D eigenvalue weighted by molar-refractivity contribution is 0.307. The van der Waals surface area contributed by atoms with Crippen molar-refractivity contribution >= 4 is 22.9 Å². The first kappa shape index (κ1) is 17.0. The Morgan fingerprint density at radius 3 is 2.75 bits per heavy atom. The lowest BCUT2D eigenvalue weighted by Gasteiger charge is -2.12. The number of hydrogen-bond acceptors (Lipinski definition) is 4. The van der Waals surface area contributed by atoms with E-state index in [-0.39, 0.29) is 0 Å². The molecule has 2 aromatic carbocycles. The van der Waals surface area contributed by atoms with Gasteiger partial charge in [-0.05, 0) is 37.2 Å². The van der Waals surface area contributed by atoms with Crippen LogP contribution >= 0.6 is 22.9 Å². The summed E-state index contributed by atoms with van der Waals surface area (Å²) in [5, 5.41) is 6.93. The van der Waals surface area contributed by atoms with E-state index in [1.165, 1.54) is 0 Å². The van der Waals surface area contributed by atoms with Crippen LogP contribution in [0.5, 0.6) is 5.75 Å². The molecule has 1 aromatic heterocycles. The Balaban J connectivity index is 1.90. The van der Waals surface area contributed by atoms with Crippen molar-refractivity contribution in [3.05, 3.63) is 69.0 Å². The van der Waals surface area contributed by atoms with Crippen molar-refractivity contribution in [1.82, 2.24) is 10.3 Å². The monoisotopic (exact) mass is 358 g/mol. The van der Waals surface area contributed by atoms with Crippen LogP contribution in [0, 0.1) is 6.92 Å². The van der Waals surface area contributed by atoms with Crippen LogP contribution in [0.2, 0.25) is 5.02 Å². The van der Waals surface area contributed by atoms with E-state index in [9.17, 15) is 0 Å². The van der Waals surface area contributed by atoms with Gasteiger partial charge in [0.05, 0.1) is 5.69 Å². The van der Waals surface area contributed by atoms with Crippen molar-refractivity contribution in [2.24, 2.45) is 0 Å². The minimum Gasteiger partial charge on any atom is -0.488 e. The first-order valence-electron chi connectivity index (χ1n) is 7.73. The van der Waals surface area contributed by atoms with E-state index in [0.717, 1.165) is 44.7 Å². The molecule has 0 bridgehead atoms. The second-order valence-corrected chi connectivity index (χ2v) is 6.88. The SMILES string of the molecule is CNCc1nc(-c2cc(Cl)c(C)cc2OCc2ccccc2)cs1. The zero-order valence-electron chi connectivity index (χ0n) is 13.7. The molecule has 124 valence electrons. The Bertz CT molecular complexity index is 817. The minimum absolute atomic E-state index is 0.516. The number of aromatic nitrogens is 1. The van der Waals surface area contributed by atoms with Crippen LogP contribution in [0.3, 0.4) is 0 Å². The van der Waals surface area contributed by atoms with Gasteiger partial charge in [0.1, 0.15) is 17.4 Å². The third-order valence-electron chi connectivity index (χ3n) is 3.65. The molecule has 1 heterocycles. The molecule has 0 aliphatic heterocycles. The molecule has 3 aromatic rings. The van der Waals surface area contributed by atoms with Gasteiger partial charge in [-0.2, -0.15) is 0 Å². The van der Waals surface area contributed by atoms with Gasteiger partial charge in [-0.3, -0.25) is 0 Å². The van der Waals surface area contributed by atoms with E-state index in [0.29, 0.717) is 6.61 Å². The van der Waals surface area contributed by atoms with Gasteiger partial charge in [-0.25, -0.2) is 4.98 Å². The van der Waals surface area contributed by atoms with Crippen LogP contribution in [0.15, 0.2) is 47.8 Å². The third kappa shape index (κ3) is 3.96. The van der Waals surface area contributed by atoms with Crippen LogP contribution in [-0.4, -0.2) is 12.0 Å². The fraction of sp³-hybridized carbons (Fsp3) is 0.211. The largest absolute Gasteiger partial charge is 0.488 e. The average molecular weight is 359 g/mol. The number of rotatable bonds is 6. The normalized spacial score (nSPS) is 10.8. The highest BCUT2D eigenvalue weighted by molar-refractivity contribution is 7.09. The van der Waals surface area contributed by atoms with Crippen molar-refractivity contribution in [2.75, 3.05) is 7.05 Å². The summed E-state index contributed by atoms with van der Waals surface area (Å²) < 4.78 is 6.07. The highest BCUT2D eigenvalue weighted by atomic mass is 35.5. The number of thiazole rings is 1. The summed E-state index contributed by atoms with van der Waals surface area (Å²) in [7, 11) is 1.91. The molecule has 0 aliphatic carbocycles. The maximum Gasteiger partial charge on any atom is 0.129 e. The molecule has 0 saturated carbocycles. The number of ether oxygens (including phenoxy) is 1. The second kappa shape index (κ2) is 7.79. The zero-order valence-corrected chi connectivity index (χ0v) is 15.2. The van der Waals surface area contributed by atoms with Crippen molar-refractivity contribution < 1.29 is 4.74 Å². The summed E-state index contributed by atoms with van der Waals surface area (Å²) in [6.07, 6.45) is 0. The van der Waals surface area contributed by atoms with Crippen LogP contribution in [0.4, 0.5) is 0 Å². The summed E-state index contributed by atoms with van der Waals surface area (Å²) in [6.45, 7) is 3.25. The molecule has 0 fully saturated rings. The number of nitrogens with zero attached hydrogens (tertiary/aromatic N) is 1. The molecule has 0 radical (unpaired) electrons. The van der Waals surface area contributed by atoms with E-state index in [1.54, 1.807) is 11.3 Å². The van der Waals surface area contributed by atoms with E-state index in [4.69, 9.17) is 16.3 Å². The molecule has 0 atom stereocenters. The second-order valence-electron chi connectivity index (χ2n) is 5.53. The topological polar surface area (TPSA) is 34.2 Å². The predicted molar refractivity (Wildman–Crippen MR) is 101 cm³/mol. The molecular formula is C19H19ClN2OS. The summed E-state index contributed by atoms with van der Waals surface area (Å²) in [5.41, 5.74) is 3.95. The highest BCUT2D eigenvalue weighted by Gasteiger charge is 2.13. The molecule has 1 N–H and O–H groups in total. The molecule has 0 aliphatic rings. The maximum absolute atomic E-state index is 6.33. The Morgan fingerprint density at radius 2 is 2.00 bits per heavy atom. The predicted octanol–water partition coefficient (Wildman–Crippen LogP) is 5.07. The van der Waals surface area contributed by atoms with E-state index >= 15 is 0 Å². The van der Waals surface area contributed by atoms with Gasteiger partial charge in [-0.15, -0.1) is 11.3 Å². The zero-order chi connectivity index (χ0) is 16.9. The fourth-order valence-corrected chi connectivity index (χ4v) is 3.35. The summed E-state index contributed by atoms with van der Waals surface area (Å²) in [6, 6.07) is 14.0. The smallest absolute Gasteiger partial charge is 0.129 e. The lowest BCUT2D eigenvalue weighted by Crippen LogP contribution is -2.04. The Morgan fingerprint density at radius 1 is 1.21 bits per heavy atom. The number of aryl methyl sites for hydroxylation is 1. The lowest BCUT2D eigenvalue weighted by atomic mass is 10.1. The molecule has 0 saturated heterocycles. The van der Waals surface area contributed by atoms with E-state index < -0.39 is 0 Å². The van der Waals surface area contributed by atoms with E-state index in [1.807, 2.05) is 49.7 Å². The third-order valence-corrected chi connectivity index (χ3v) is 4.91. The van der Waals surface area contributed by atoms with Gasteiger partial charge >= 0.3 is 0 Å². The number of nitrogens with one attached hydrogen (secondary N) is 1. The molecule has 0 amide bonds. The molecule has 0 unspecified atom stereocenters. The van der Waals surface area contributed by atoms with Gasteiger partial charge in [0.2, 0.25) is 0 Å². The summed E-state index contributed by atoms with van der Waals surface area (Å²) in [4.78, 5) is 4.67. The van der Waals surface area contributed by atoms with Crippen molar-refractivity contribution in [3.8, 4) is 17.0 Å². The summed E-state index contributed by atoms with van der Waals surface area (Å²) >= 11 is 7.96. The van der Waals surface area contributed by atoms with Gasteiger partial charge in [-0.1, -0.05) is 41.9 Å². The molecule has 5 heteroatoms. The van der Waals surface area contributed by atoms with Crippen LogP contribution in [0.25, 0.3) is 11.3 Å². The van der Waals surface area contributed by atoms with Crippen molar-refractivity contribution in [1.29, 1.82) is 0 Å². The van der Waals surface area contributed by atoms with Crippen LogP contribution in [-0.2, 0) is 13.2 Å². The fourth-order valence-electron chi connectivity index (χ4n) is 2.38. The quantitative estimate of drug-likeness (QED) is 0.668. The summed E-state index contributed by atoms with van der Waals surface area (Å²) in [5.74, 6) is 0.807. The molecule has 3 nitrogen and oxygen atoms in total. The first-order valence-corrected chi connectivity index (χ1v) is 8.99.